The summed E-state index contributed by atoms with van der Waals surface area (Å²) >= 11 is 0. The Morgan fingerprint density at radius 2 is 1.76 bits per heavy atom. The van der Waals surface area contributed by atoms with E-state index in [0.29, 0.717) is 0 Å². The van der Waals surface area contributed by atoms with Crippen molar-refractivity contribution in [2.24, 2.45) is 0 Å². The molecular weight excluding hydrogens is 210 g/mol. The molecule has 1 aromatic rings. The van der Waals surface area contributed by atoms with E-state index in [1.165, 1.54) is 17.7 Å². The van der Waals surface area contributed by atoms with Gasteiger partial charge in [-0.3, -0.25) is 0 Å². The van der Waals surface area contributed by atoms with Crippen LogP contribution in [-0.2, 0) is 6.42 Å². The number of nitrogens with zero attached hydrogens (tertiary/aromatic N) is 1. The first-order valence-corrected chi connectivity index (χ1v) is 6.65. The van der Waals surface area contributed by atoms with Crippen LogP contribution in [-0.4, -0.2) is 42.4 Å². The number of aryl methyl sites for hydroxylation is 1. The van der Waals surface area contributed by atoms with E-state index in [1.807, 2.05) is 0 Å². The van der Waals surface area contributed by atoms with E-state index in [1.54, 1.807) is 0 Å². The van der Waals surface area contributed by atoms with Crippen molar-refractivity contribution < 1.29 is 9.59 Å². The molecule has 1 saturated heterocycles. The lowest BCUT2D eigenvalue weighted by molar-refractivity contribution is -0.914. The Balaban J connectivity index is 1.87. The maximum atomic E-state index is 9.55. The van der Waals surface area contributed by atoms with E-state index in [9.17, 15) is 5.11 Å². The molecule has 1 heterocycles. The maximum Gasteiger partial charge on any atom is 0.0825 e. The molecule has 0 atom stereocenters. The Bertz CT molecular complexity index is 350. The van der Waals surface area contributed by atoms with E-state index < -0.39 is 0 Å². The Labute approximate surface area is 104 Å². The summed E-state index contributed by atoms with van der Waals surface area (Å²) in [6.45, 7) is 5.56. The summed E-state index contributed by atoms with van der Waals surface area (Å²) in [6.07, 6.45) is 3.02. The second kappa shape index (κ2) is 5.19. The minimum Gasteiger partial charge on any atom is -0.393 e. The molecule has 0 aromatic heterocycles. The van der Waals surface area contributed by atoms with Crippen LogP contribution in [0.3, 0.4) is 0 Å². The third kappa shape index (κ3) is 3.55. The van der Waals surface area contributed by atoms with Gasteiger partial charge in [0.05, 0.1) is 32.8 Å². The predicted octanol–water partition coefficient (Wildman–Crippen LogP) is 2.14. The largest absolute Gasteiger partial charge is 0.393 e. The Morgan fingerprint density at radius 1 is 1.18 bits per heavy atom. The highest BCUT2D eigenvalue weighted by atomic mass is 16.3. The number of piperidine rings is 1. The third-order valence-electron chi connectivity index (χ3n) is 4.07. The minimum atomic E-state index is -0.0550. The highest BCUT2D eigenvalue weighted by molar-refractivity contribution is 5.21. The lowest BCUT2D eigenvalue weighted by atomic mass is 10.0. The van der Waals surface area contributed by atoms with Crippen LogP contribution in [0.5, 0.6) is 0 Å². The molecule has 17 heavy (non-hydrogen) atoms. The molecule has 94 valence electrons. The molecule has 0 bridgehead atoms. The van der Waals surface area contributed by atoms with Gasteiger partial charge in [-0.1, -0.05) is 29.8 Å². The number of quaternary nitrogens is 1. The van der Waals surface area contributed by atoms with Gasteiger partial charge in [-0.2, -0.15) is 0 Å². The van der Waals surface area contributed by atoms with Crippen LogP contribution in [0, 0.1) is 6.92 Å². The second-order valence-electron chi connectivity index (χ2n) is 5.76. The number of rotatable bonds is 3. The third-order valence-corrected chi connectivity index (χ3v) is 4.07. The van der Waals surface area contributed by atoms with Gasteiger partial charge in [0.1, 0.15) is 0 Å². The van der Waals surface area contributed by atoms with Crippen LogP contribution in [0.4, 0.5) is 0 Å². The second-order valence-corrected chi connectivity index (χ2v) is 5.76. The van der Waals surface area contributed by atoms with Crippen molar-refractivity contribution in [3.63, 3.8) is 0 Å². The molecule has 0 aliphatic carbocycles. The van der Waals surface area contributed by atoms with Crippen molar-refractivity contribution in [3.05, 3.63) is 35.4 Å². The summed E-state index contributed by atoms with van der Waals surface area (Å²) in [7, 11) is 2.32. The van der Waals surface area contributed by atoms with Gasteiger partial charge in [0.15, 0.2) is 0 Å². The number of aliphatic hydroxyl groups is 1. The molecule has 2 heteroatoms. The number of benzene rings is 1. The molecule has 1 aliphatic rings. The average molecular weight is 234 g/mol. The number of aliphatic hydroxyl groups excluding tert-OH is 1. The number of hydrogen-bond acceptors (Lipinski definition) is 1. The molecule has 0 spiro atoms. The summed E-state index contributed by atoms with van der Waals surface area (Å²) in [5, 5.41) is 9.55. The zero-order chi connectivity index (χ0) is 12.3. The number of likely N-dealkylation sites (tertiary alicyclic amines) is 1. The fourth-order valence-corrected chi connectivity index (χ4v) is 2.55. The molecule has 0 radical (unpaired) electrons. The van der Waals surface area contributed by atoms with Gasteiger partial charge < -0.3 is 9.59 Å². The Morgan fingerprint density at radius 3 is 2.35 bits per heavy atom. The van der Waals surface area contributed by atoms with Crippen molar-refractivity contribution in [1.82, 2.24) is 0 Å². The standard InChI is InChI=1S/C15H24NO/c1-13-3-5-14(6-4-13)7-10-16(2)11-8-15(17)9-12-16/h3-6,15,17H,7-12H2,1-2H3/q+1. The van der Waals surface area contributed by atoms with Gasteiger partial charge in [-0.15, -0.1) is 0 Å². The van der Waals surface area contributed by atoms with Gasteiger partial charge in [0.25, 0.3) is 0 Å². The van der Waals surface area contributed by atoms with Crippen LogP contribution in [0.2, 0.25) is 0 Å². The molecule has 1 N–H and O–H groups in total. The van der Waals surface area contributed by atoms with E-state index in [4.69, 9.17) is 0 Å². The quantitative estimate of drug-likeness (QED) is 0.795. The van der Waals surface area contributed by atoms with Crippen LogP contribution in [0.1, 0.15) is 24.0 Å². The normalized spacial score (nSPS) is 29.2. The van der Waals surface area contributed by atoms with Crippen molar-refractivity contribution in [2.75, 3.05) is 26.7 Å². The van der Waals surface area contributed by atoms with E-state index in [0.717, 1.165) is 36.8 Å². The Kier molecular flexibility index (Phi) is 3.85. The zero-order valence-corrected chi connectivity index (χ0v) is 11.0. The van der Waals surface area contributed by atoms with Gasteiger partial charge >= 0.3 is 0 Å². The van der Waals surface area contributed by atoms with Crippen molar-refractivity contribution >= 4 is 0 Å². The Hall–Kier alpha value is -0.860. The van der Waals surface area contributed by atoms with E-state index >= 15 is 0 Å². The molecule has 1 fully saturated rings. The molecule has 1 aromatic carbocycles. The lowest BCUT2D eigenvalue weighted by Gasteiger charge is -2.39. The van der Waals surface area contributed by atoms with Crippen molar-refractivity contribution in [1.29, 1.82) is 0 Å². The fourth-order valence-electron chi connectivity index (χ4n) is 2.55. The highest BCUT2D eigenvalue weighted by Gasteiger charge is 2.28. The smallest absolute Gasteiger partial charge is 0.0825 e. The van der Waals surface area contributed by atoms with Gasteiger partial charge in [-0.05, 0) is 12.5 Å². The van der Waals surface area contributed by atoms with Crippen LogP contribution in [0.15, 0.2) is 24.3 Å². The zero-order valence-electron chi connectivity index (χ0n) is 11.0. The molecule has 2 rings (SSSR count). The molecule has 0 unspecified atom stereocenters. The van der Waals surface area contributed by atoms with Crippen molar-refractivity contribution in [3.8, 4) is 0 Å². The summed E-state index contributed by atoms with van der Waals surface area (Å²) in [5.41, 5.74) is 2.76. The monoisotopic (exact) mass is 234 g/mol. The molecular formula is C15H24NO+. The van der Waals surface area contributed by atoms with Crippen LogP contribution in [0.25, 0.3) is 0 Å². The summed E-state index contributed by atoms with van der Waals surface area (Å²) in [6, 6.07) is 8.85. The molecule has 0 amide bonds. The average Bonchev–Trinajstić information content (AvgIpc) is 2.33. The first-order chi connectivity index (χ1) is 8.07. The molecule has 2 nitrogen and oxygen atoms in total. The topological polar surface area (TPSA) is 20.2 Å². The SMILES string of the molecule is Cc1ccc(CC[N+]2(C)CCC(O)CC2)cc1. The highest BCUT2D eigenvalue weighted by Crippen LogP contribution is 2.18. The molecule has 0 saturated carbocycles. The van der Waals surface area contributed by atoms with E-state index in [-0.39, 0.29) is 6.10 Å². The first kappa shape index (κ1) is 12.6. The summed E-state index contributed by atoms with van der Waals surface area (Å²) in [4.78, 5) is 0. The summed E-state index contributed by atoms with van der Waals surface area (Å²) < 4.78 is 1.12. The van der Waals surface area contributed by atoms with Gasteiger partial charge in [-0.25, -0.2) is 0 Å². The van der Waals surface area contributed by atoms with Gasteiger partial charge in [0, 0.05) is 19.3 Å². The fraction of sp³-hybridized carbons (Fsp3) is 0.600. The maximum absolute atomic E-state index is 9.55. The van der Waals surface area contributed by atoms with Crippen molar-refractivity contribution in [2.45, 2.75) is 32.3 Å². The lowest BCUT2D eigenvalue weighted by Crippen LogP contribution is -2.51. The minimum absolute atomic E-state index is 0.0550. The first-order valence-electron chi connectivity index (χ1n) is 6.65. The van der Waals surface area contributed by atoms with Crippen LogP contribution >= 0.6 is 0 Å². The van der Waals surface area contributed by atoms with E-state index in [2.05, 4.69) is 38.2 Å². The number of likely N-dealkylation sites (N-methyl/N-ethyl adjacent to an activating group) is 1. The predicted molar refractivity (Wildman–Crippen MR) is 70.9 cm³/mol. The molecule has 1 aliphatic heterocycles. The van der Waals surface area contributed by atoms with Gasteiger partial charge in [0.2, 0.25) is 0 Å². The summed E-state index contributed by atoms with van der Waals surface area (Å²) in [5.74, 6) is 0. The number of hydrogen-bond donors (Lipinski definition) is 1. The van der Waals surface area contributed by atoms with Crippen LogP contribution < -0.4 is 0 Å².